The standard InChI is InChI=1S/C21H32N4O2S/c1-5-16(4)22-19(26)15-28-21-23-18-12-9-8-11-17(18)20(27)25(21)14-10-13-24(6-2)7-3/h8-9,11-12,16H,5-7,10,13-15H2,1-4H3,(H,22,26). The molecule has 1 aromatic heterocycles. The summed E-state index contributed by atoms with van der Waals surface area (Å²) in [6, 6.07) is 7.55. The number of carbonyl (C=O) groups is 1. The third-order valence-electron chi connectivity index (χ3n) is 4.93. The molecule has 2 aromatic rings. The van der Waals surface area contributed by atoms with Gasteiger partial charge in [-0.2, -0.15) is 0 Å². The molecule has 1 amide bonds. The third kappa shape index (κ3) is 6.07. The zero-order valence-corrected chi connectivity index (χ0v) is 18.2. The van der Waals surface area contributed by atoms with E-state index >= 15 is 0 Å². The fourth-order valence-corrected chi connectivity index (χ4v) is 3.83. The lowest BCUT2D eigenvalue weighted by Gasteiger charge is -2.19. The summed E-state index contributed by atoms with van der Waals surface area (Å²) in [6.45, 7) is 11.8. The molecule has 1 N–H and O–H groups in total. The van der Waals surface area contributed by atoms with Crippen LogP contribution in [0.15, 0.2) is 34.2 Å². The number of nitrogens with one attached hydrogen (secondary N) is 1. The van der Waals surface area contributed by atoms with E-state index in [2.05, 4.69) is 29.0 Å². The van der Waals surface area contributed by atoms with Gasteiger partial charge >= 0.3 is 0 Å². The lowest BCUT2D eigenvalue weighted by Crippen LogP contribution is -2.33. The molecule has 0 bridgehead atoms. The third-order valence-corrected chi connectivity index (χ3v) is 5.91. The average Bonchev–Trinajstić information content (AvgIpc) is 2.71. The Balaban J connectivity index is 2.21. The van der Waals surface area contributed by atoms with Crippen LogP contribution in [0.5, 0.6) is 0 Å². The lowest BCUT2D eigenvalue weighted by atomic mass is 10.2. The summed E-state index contributed by atoms with van der Waals surface area (Å²) < 4.78 is 1.73. The minimum Gasteiger partial charge on any atom is -0.353 e. The summed E-state index contributed by atoms with van der Waals surface area (Å²) in [7, 11) is 0. The zero-order chi connectivity index (χ0) is 20.5. The summed E-state index contributed by atoms with van der Waals surface area (Å²) in [4.78, 5) is 32.2. The highest BCUT2D eigenvalue weighted by atomic mass is 32.2. The maximum absolute atomic E-state index is 13.0. The second kappa shape index (κ2) is 11.2. The molecule has 1 heterocycles. The smallest absolute Gasteiger partial charge is 0.262 e. The Morgan fingerprint density at radius 1 is 1.25 bits per heavy atom. The van der Waals surface area contributed by atoms with Gasteiger partial charge in [0.25, 0.3) is 5.56 Å². The maximum Gasteiger partial charge on any atom is 0.262 e. The second-order valence-electron chi connectivity index (χ2n) is 6.91. The summed E-state index contributed by atoms with van der Waals surface area (Å²) in [5.74, 6) is 0.224. The molecule has 2 rings (SSSR count). The number of aromatic nitrogens is 2. The molecule has 28 heavy (non-hydrogen) atoms. The Morgan fingerprint density at radius 2 is 1.96 bits per heavy atom. The number of carbonyl (C=O) groups excluding carboxylic acids is 1. The van der Waals surface area contributed by atoms with Crippen molar-refractivity contribution in [3.8, 4) is 0 Å². The van der Waals surface area contributed by atoms with E-state index in [9.17, 15) is 9.59 Å². The molecule has 6 nitrogen and oxygen atoms in total. The minimum atomic E-state index is -0.0324. The number of benzene rings is 1. The van der Waals surface area contributed by atoms with Gasteiger partial charge in [-0.25, -0.2) is 4.98 Å². The van der Waals surface area contributed by atoms with Crippen molar-refractivity contribution in [3.05, 3.63) is 34.6 Å². The molecule has 0 spiro atoms. The largest absolute Gasteiger partial charge is 0.353 e. The Kier molecular flexibility index (Phi) is 8.99. The van der Waals surface area contributed by atoms with Crippen LogP contribution < -0.4 is 10.9 Å². The van der Waals surface area contributed by atoms with Crippen molar-refractivity contribution in [1.82, 2.24) is 19.8 Å². The molecule has 0 radical (unpaired) electrons. The summed E-state index contributed by atoms with van der Waals surface area (Å²) >= 11 is 1.33. The molecule has 7 heteroatoms. The Hall–Kier alpha value is -1.86. The topological polar surface area (TPSA) is 67.2 Å². The van der Waals surface area contributed by atoms with Crippen LogP contribution >= 0.6 is 11.8 Å². The molecule has 0 saturated carbocycles. The average molecular weight is 405 g/mol. The SMILES string of the molecule is CCC(C)NC(=O)CSc1nc2ccccc2c(=O)n1CCCN(CC)CC. The van der Waals surface area contributed by atoms with Crippen molar-refractivity contribution in [2.24, 2.45) is 0 Å². The second-order valence-corrected chi connectivity index (χ2v) is 7.86. The van der Waals surface area contributed by atoms with E-state index in [0.717, 1.165) is 32.5 Å². The number of hydrogen-bond acceptors (Lipinski definition) is 5. The van der Waals surface area contributed by atoms with Crippen molar-refractivity contribution in [3.63, 3.8) is 0 Å². The van der Waals surface area contributed by atoms with Crippen LogP contribution in [0, 0.1) is 0 Å². The monoisotopic (exact) mass is 404 g/mol. The highest BCUT2D eigenvalue weighted by Gasteiger charge is 2.14. The van der Waals surface area contributed by atoms with Gasteiger partial charge in [-0.15, -0.1) is 0 Å². The van der Waals surface area contributed by atoms with Gasteiger partial charge in [0.05, 0.1) is 16.7 Å². The van der Waals surface area contributed by atoms with Gasteiger partial charge in [-0.3, -0.25) is 14.2 Å². The molecular formula is C21H32N4O2S. The molecular weight excluding hydrogens is 372 g/mol. The molecule has 0 aliphatic rings. The normalized spacial score (nSPS) is 12.5. The van der Waals surface area contributed by atoms with Gasteiger partial charge < -0.3 is 10.2 Å². The van der Waals surface area contributed by atoms with Crippen molar-refractivity contribution in [2.45, 2.75) is 58.3 Å². The first-order chi connectivity index (χ1) is 13.5. The Bertz CT molecular complexity index is 833. The highest BCUT2D eigenvalue weighted by molar-refractivity contribution is 7.99. The fourth-order valence-electron chi connectivity index (χ4n) is 3.00. The number of nitrogens with zero attached hydrogens (tertiary/aromatic N) is 3. The van der Waals surface area contributed by atoms with Gasteiger partial charge in [0.15, 0.2) is 5.16 Å². The van der Waals surface area contributed by atoms with Gasteiger partial charge in [0, 0.05) is 12.6 Å². The molecule has 0 fully saturated rings. The molecule has 1 aromatic carbocycles. The first-order valence-corrected chi connectivity index (χ1v) is 11.1. The predicted octanol–water partition coefficient (Wildman–Crippen LogP) is 3.14. The zero-order valence-electron chi connectivity index (χ0n) is 17.4. The van der Waals surface area contributed by atoms with Gasteiger partial charge in [0.1, 0.15) is 0 Å². The highest BCUT2D eigenvalue weighted by Crippen LogP contribution is 2.18. The van der Waals surface area contributed by atoms with Crippen molar-refractivity contribution in [2.75, 3.05) is 25.4 Å². The first kappa shape index (κ1) is 22.4. The number of hydrogen-bond donors (Lipinski definition) is 1. The van der Waals surface area contributed by atoms with Crippen LogP contribution in [0.3, 0.4) is 0 Å². The molecule has 0 saturated heterocycles. The van der Waals surface area contributed by atoms with Gasteiger partial charge in [-0.1, -0.05) is 44.7 Å². The minimum absolute atomic E-state index is 0.0311. The van der Waals surface area contributed by atoms with Crippen LogP contribution in [0.1, 0.15) is 40.5 Å². The van der Waals surface area contributed by atoms with Gasteiger partial charge in [0.2, 0.25) is 5.91 Å². The van der Waals surface area contributed by atoms with Crippen LogP contribution in [-0.2, 0) is 11.3 Å². The fraction of sp³-hybridized carbons (Fsp3) is 0.571. The van der Waals surface area contributed by atoms with Crippen LogP contribution in [0.4, 0.5) is 0 Å². The van der Waals surface area contributed by atoms with E-state index in [4.69, 9.17) is 0 Å². The van der Waals surface area contributed by atoms with Crippen LogP contribution in [-0.4, -0.2) is 51.8 Å². The van der Waals surface area contributed by atoms with Crippen LogP contribution in [0.2, 0.25) is 0 Å². The molecule has 154 valence electrons. The number of fused-ring (bicyclic) bond motifs is 1. The molecule has 0 aliphatic carbocycles. The summed E-state index contributed by atoms with van der Waals surface area (Å²) in [5.41, 5.74) is 0.646. The van der Waals surface area contributed by atoms with E-state index < -0.39 is 0 Å². The summed E-state index contributed by atoms with van der Waals surface area (Å²) in [6.07, 6.45) is 1.76. The van der Waals surface area contributed by atoms with E-state index in [1.54, 1.807) is 4.57 Å². The van der Waals surface area contributed by atoms with Crippen molar-refractivity contribution < 1.29 is 4.79 Å². The maximum atomic E-state index is 13.0. The van der Waals surface area contributed by atoms with Crippen LogP contribution in [0.25, 0.3) is 10.9 Å². The van der Waals surface area contributed by atoms with Crippen molar-refractivity contribution >= 4 is 28.6 Å². The van der Waals surface area contributed by atoms with E-state index in [1.807, 2.05) is 38.1 Å². The predicted molar refractivity (Wildman–Crippen MR) is 117 cm³/mol. The Morgan fingerprint density at radius 3 is 2.64 bits per heavy atom. The van der Waals surface area contributed by atoms with E-state index in [-0.39, 0.29) is 23.3 Å². The van der Waals surface area contributed by atoms with Crippen molar-refractivity contribution in [1.29, 1.82) is 0 Å². The number of para-hydroxylation sites is 1. The summed E-state index contributed by atoms with van der Waals surface area (Å²) in [5, 5.41) is 4.20. The first-order valence-electron chi connectivity index (χ1n) is 10.1. The number of thioether (sulfide) groups is 1. The Labute approximate surface area is 171 Å². The number of rotatable bonds is 11. The lowest BCUT2D eigenvalue weighted by molar-refractivity contribution is -0.119. The molecule has 0 aliphatic heterocycles. The van der Waals surface area contributed by atoms with E-state index in [1.165, 1.54) is 11.8 Å². The number of amides is 1. The molecule has 1 atom stereocenters. The van der Waals surface area contributed by atoms with Gasteiger partial charge in [-0.05, 0) is 51.5 Å². The van der Waals surface area contributed by atoms with E-state index in [0.29, 0.717) is 22.6 Å². The quantitative estimate of drug-likeness (QED) is 0.460. The molecule has 1 unspecified atom stereocenters.